The molecule has 0 saturated carbocycles. The van der Waals surface area contributed by atoms with E-state index in [4.69, 9.17) is 0 Å². The molecule has 1 aliphatic rings. The van der Waals surface area contributed by atoms with Crippen molar-refractivity contribution in [3.8, 4) is 5.75 Å². The molecule has 0 unspecified atom stereocenters. The quantitative estimate of drug-likeness (QED) is 0.867. The fraction of sp³-hybridized carbons (Fsp3) is 0.600. The third-order valence-electron chi connectivity index (χ3n) is 3.98. The molecule has 0 aliphatic carbocycles. The van der Waals surface area contributed by atoms with E-state index in [9.17, 15) is 18.3 Å². The van der Waals surface area contributed by atoms with Crippen molar-refractivity contribution in [2.75, 3.05) is 39.8 Å². The lowest BCUT2D eigenvalue weighted by atomic mass is 10.0. The van der Waals surface area contributed by atoms with Gasteiger partial charge in [-0.15, -0.1) is 0 Å². The van der Waals surface area contributed by atoms with Crippen LogP contribution in [-0.4, -0.2) is 54.7 Å². The van der Waals surface area contributed by atoms with E-state index < -0.39 is 17.5 Å². The zero-order valence-electron chi connectivity index (χ0n) is 12.5. The Morgan fingerprint density at radius 3 is 2.41 bits per heavy atom. The Bertz CT molecular complexity index is 514. The van der Waals surface area contributed by atoms with Crippen molar-refractivity contribution in [3.63, 3.8) is 0 Å². The number of nitrogens with zero attached hydrogens (tertiary/aromatic N) is 2. The number of hydrogen-bond donors (Lipinski definition) is 1. The maximum Gasteiger partial charge on any atom is 0.420 e. The molecule has 3 nitrogen and oxygen atoms in total. The van der Waals surface area contributed by atoms with Crippen molar-refractivity contribution in [2.45, 2.75) is 19.0 Å². The van der Waals surface area contributed by atoms with Crippen LogP contribution in [0.4, 0.5) is 13.2 Å². The average Bonchev–Trinajstić information content (AvgIpc) is 2.43. The summed E-state index contributed by atoms with van der Waals surface area (Å²) >= 11 is 3.09. The average molecular weight is 381 g/mol. The zero-order chi connectivity index (χ0) is 16.3. The first-order valence-corrected chi connectivity index (χ1v) is 8.06. The second-order valence-corrected chi connectivity index (χ2v) is 6.62. The molecule has 1 fully saturated rings. The Morgan fingerprint density at radius 1 is 1.18 bits per heavy atom. The summed E-state index contributed by atoms with van der Waals surface area (Å²) in [4.78, 5) is 4.56. The minimum absolute atomic E-state index is 0.340. The van der Waals surface area contributed by atoms with Crippen LogP contribution in [0, 0.1) is 0 Å². The van der Waals surface area contributed by atoms with E-state index in [1.54, 1.807) is 6.07 Å². The summed E-state index contributed by atoms with van der Waals surface area (Å²) in [7, 11) is 2.08. The largest absolute Gasteiger partial charge is 0.507 e. The summed E-state index contributed by atoms with van der Waals surface area (Å²) < 4.78 is 38.9. The second-order valence-electron chi connectivity index (χ2n) is 5.71. The van der Waals surface area contributed by atoms with Crippen LogP contribution < -0.4 is 0 Å². The predicted octanol–water partition coefficient (Wildman–Crippen LogP) is 3.35. The topological polar surface area (TPSA) is 26.7 Å². The highest BCUT2D eigenvalue weighted by molar-refractivity contribution is 9.10. The number of aryl methyl sites for hydroxylation is 1. The molecule has 22 heavy (non-hydrogen) atoms. The molecule has 0 bridgehead atoms. The number of hydrogen-bond acceptors (Lipinski definition) is 3. The van der Waals surface area contributed by atoms with Gasteiger partial charge in [-0.25, -0.2) is 0 Å². The van der Waals surface area contributed by atoms with E-state index in [2.05, 4.69) is 32.8 Å². The van der Waals surface area contributed by atoms with E-state index in [-0.39, 0.29) is 0 Å². The van der Waals surface area contributed by atoms with Crippen LogP contribution in [0.1, 0.15) is 17.5 Å². The molecule has 1 aromatic carbocycles. The van der Waals surface area contributed by atoms with Gasteiger partial charge in [-0.1, -0.05) is 15.9 Å². The molecule has 1 aliphatic heterocycles. The lowest BCUT2D eigenvalue weighted by Crippen LogP contribution is -2.44. The third-order valence-corrected chi connectivity index (χ3v) is 4.43. The van der Waals surface area contributed by atoms with Gasteiger partial charge in [-0.2, -0.15) is 13.2 Å². The zero-order valence-corrected chi connectivity index (χ0v) is 14.0. The molecule has 0 radical (unpaired) electrons. The Kier molecular flexibility index (Phi) is 5.74. The van der Waals surface area contributed by atoms with Gasteiger partial charge in [0.25, 0.3) is 0 Å². The van der Waals surface area contributed by atoms with Gasteiger partial charge < -0.3 is 14.9 Å². The molecule has 124 valence electrons. The van der Waals surface area contributed by atoms with E-state index in [0.717, 1.165) is 45.2 Å². The van der Waals surface area contributed by atoms with Gasteiger partial charge in [0.05, 0.1) is 5.56 Å². The van der Waals surface area contributed by atoms with Crippen LogP contribution in [0.5, 0.6) is 5.75 Å². The number of phenols is 1. The summed E-state index contributed by atoms with van der Waals surface area (Å²) in [6, 6.07) is 2.48. The first kappa shape index (κ1) is 17.6. The number of alkyl halides is 3. The van der Waals surface area contributed by atoms with Crippen LogP contribution in [-0.2, 0) is 12.6 Å². The normalized spacial score (nSPS) is 17.9. The molecule has 0 spiro atoms. The first-order chi connectivity index (χ1) is 10.3. The van der Waals surface area contributed by atoms with Crippen LogP contribution in [0.2, 0.25) is 0 Å². The maximum atomic E-state index is 12.9. The van der Waals surface area contributed by atoms with Crippen molar-refractivity contribution < 1.29 is 18.3 Å². The van der Waals surface area contributed by atoms with E-state index in [1.165, 1.54) is 0 Å². The van der Waals surface area contributed by atoms with Crippen molar-refractivity contribution in [2.24, 2.45) is 0 Å². The number of halogens is 4. The molecule has 0 aromatic heterocycles. The van der Waals surface area contributed by atoms with Crippen molar-refractivity contribution >= 4 is 15.9 Å². The number of benzene rings is 1. The lowest BCUT2D eigenvalue weighted by Gasteiger charge is -2.32. The fourth-order valence-electron chi connectivity index (χ4n) is 2.63. The summed E-state index contributed by atoms with van der Waals surface area (Å²) in [6.45, 7) is 4.82. The van der Waals surface area contributed by atoms with Crippen LogP contribution in [0.25, 0.3) is 0 Å². The Morgan fingerprint density at radius 2 is 1.82 bits per heavy atom. The van der Waals surface area contributed by atoms with Gasteiger partial charge in [0.2, 0.25) is 0 Å². The summed E-state index contributed by atoms with van der Waals surface area (Å²) in [5.41, 5.74) is -0.632. The Balaban J connectivity index is 1.97. The van der Waals surface area contributed by atoms with Gasteiger partial charge in [0.15, 0.2) is 0 Å². The number of likely N-dealkylation sites (N-methyl/N-ethyl adjacent to an activating group) is 1. The standard InChI is InChI=1S/C15H20BrF3N2O/c1-20-5-7-21(8-6-20)4-2-3-11-9-12(16)10-13(14(11)22)15(17,18)19/h9-10,22H,2-8H2,1H3. The van der Waals surface area contributed by atoms with Gasteiger partial charge in [-0.3, -0.25) is 0 Å². The highest BCUT2D eigenvalue weighted by Gasteiger charge is 2.35. The Hall–Kier alpha value is -0.790. The minimum atomic E-state index is -4.54. The van der Waals surface area contributed by atoms with Gasteiger partial charge in [0.1, 0.15) is 5.75 Å². The molecule has 1 N–H and O–H groups in total. The molecule has 0 amide bonds. The smallest absolute Gasteiger partial charge is 0.420 e. The SMILES string of the molecule is CN1CCN(CCCc2cc(Br)cc(C(F)(F)F)c2O)CC1. The molecule has 0 atom stereocenters. The van der Waals surface area contributed by atoms with Crippen LogP contribution in [0.15, 0.2) is 16.6 Å². The van der Waals surface area contributed by atoms with Crippen molar-refractivity contribution in [3.05, 3.63) is 27.7 Å². The molecular formula is C15H20BrF3N2O. The highest BCUT2D eigenvalue weighted by atomic mass is 79.9. The molecular weight excluding hydrogens is 361 g/mol. The predicted molar refractivity (Wildman–Crippen MR) is 83.1 cm³/mol. The monoisotopic (exact) mass is 380 g/mol. The molecule has 1 aromatic rings. The van der Waals surface area contributed by atoms with E-state index in [0.29, 0.717) is 16.5 Å². The number of phenolic OH excluding ortho intramolecular Hbond substituents is 1. The number of rotatable bonds is 4. The fourth-order valence-corrected chi connectivity index (χ4v) is 3.13. The third kappa shape index (κ3) is 4.60. The summed E-state index contributed by atoms with van der Waals surface area (Å²) in [5.74, 6) is -0.644. The summed E-state index contributed by atoms with van der Waals surface area (Å²) in [6.07, 6.45) is -3.38. The first-order valence-electron chi connectivity index (χ1n) is 7.27. The lowest BCUT2D eigenvalue weighted by molar-refractivity contribution is -0.138. The maximum absolute atomic E-state index is 12.9. The highest BCUT2D eigenvalue weighted by Crippen LogP contribution is 2.39. The molecule has 1 saturated heterocycles. The van der Waals surface area contributed by atoms with Crippen molar-refractivity contribution in [1.82, 2.24) is 9.80 Å². The molecule has 7 heteroatoms. The van der Waals surface area contributed by atoms with E-state index >= 15 is 0 Å². The second kappa shape index (κ2) is 7.19. The van der Waals surface area contributed by atoms with Crippen molar-refractivity contribution in [1.29, 1.82) is 0 Å². The Labute approximate surface area is 136 Å². The van der Waals surface area contributed by atoms with Gasteiger partial charge in [-0.05, 0) is 44.1 Å². The van der Waals surface area contributed by atoms with Gasteiger partial charge in [0, 0.05) is 30.7 Å². The number of aromatic hydroxyl groups is 1. The molecule has 1 heterocycles. The van der Waals surface area contributed by atoms with E-state index in [1.807, 2.05) is 0 Å². The van der Waals surface area contributed by atoms with Gasteiger partial charge >= 0.3 is 6.18 Å². The molecule has 2 rings (SSSR count). The minimum Gasteiger partial charge on any atom is -0.507 e. The van der Waals surface area contributed by atoms with Crippen LogP contribution in [0.3, 0.4) is 0 Å². The van der Waals surface area contributed by atoms with Crippen LogP contribution >= 0.6 is 15.9 Å². The number of piperazine rings is 1. The summed E-state index contributed by atoms with van der Waals surface area (Å²) in [5, 5.41) is 9.86.